The summed E-state index contributed by atoms with van der Waals surface area (Å²) in [6.07, 6.45) is 9.91. The second kappa shape index (κ2) is 11.8. The maximum absolute atomic E-state index is 14.8. The number of ether oxygens (including phenoxy) is 1. The van der Waals surface area contributed by atoms with Crippen molar-refractivity contribution in [1.82, 2.24) is 10.5 Å². The number of halogens is 1. The van der Waals surface area contributed by atoms with Gasteiger partial charge in [0.2, 0.25) is 5.91 Å². The highest BCUT2D eigenvalue weighted by atomic mass is 35.5. The number of allylic oxidation sites excluding steroid dienone is 2. The molecule has 0 aliphatic heterocycles. The molecule has 272 valence electrons. The molecule has 1 amide bonds. The predicted molar refractivity (Wildman–Crippen MR) is 195 cm³/mol. The quantitative estimate of drug-likeness (QED) is 0.291. The topological polar surface area (TPSA) is 102 Å². The number of benzene rings is 1. The molecule has 8 heteroatoms. The molecule has 50 heavy (non-hydrogen) atoms. The van der Waals surface area contributed by atoms with Crippen molar-refractivity contribution in [2.24, 2.45) is 50.2 Å². The Morgan fingerprint density at radius 3 is 2.46 bits per heavy atom. The molecular weight excluding hydrogens is 648 g/mol. The predicted octanol–water partition coefficient (Wildman–Crippen LogP) is 9.32. The summed E-state index contributed by atoms with van der Waals surface area (Å²) in [4.78, 5) is 28.8. The highest BCUT2D eigenvalue weighted by Crippen LogP contribution is 2.75. The van der Waals surface area contributed by atoms with E-state index in [1.54, 1.807) is 0 Å². The van der Waals surface area contributed by atoms with Gasteiger partial charge >= 0.3 is 0 Å². The third-order valence-electron chi connectivity index (χ3n) is 15.8. The number of carbonyl (C=O) groups excluding carboxylic acids is 2. The largest absolute Gasteiger partial charge is 0.365 e. The fourth-order valence-corrected chi connectivity index (χ4v) is 12.6. The van der Waals surface area contributed by atoms with Crippen LogP contribution in [0, 0.1) is 50.2 Å². The summed E-state index contributed by atoms with van der Waals surface area (Å²) in [6.45, 7) is 18.7. The van der Waals surface area contributed by atoms with Crippen molar-refractivity contribution in [2.75, 3.05) is 6.61 Å². The molecule has 4 fully saturated rings. The Hall–Kier alpha value is -2.48. The van der Waals surface area contributed by atoms with Crippen LogP contribution >= 0.6 is 11.6 Å². The monoisotopic (exact) mass is 704 g/mol. The number of hydrogen-bond donors (Lipinski definition) is 2. The lowest BCUT2D eigenvalue weighted by Crippen LogP contribution is -2.69. The van der Waals surface area contributed by atoms with Crippen LogP contribution in [0.2, 0.25) is 5.02 Å². The van der Waals surface area contributed by atoms with Crippen molar-refractivity contribution in [3.05, 3.63) is 52.8 Å². The van der Waals surface area contributed by atoms with Crippen molar-refractivity contribution in [3.8, 4) is 11.3 Å². The van der Waals surface area contributed by atoms with Crippen molar-refractivity contribution in [2.45, 2.75) is 126 Å². The fourth-order valence-electron chi connectivity index (χ4n) is 12.4. The van der Waals surface area contributed by atoms with Crippen LogP contribution in [0.1, 0.15) is 119 Å². The number of ketones is 1. The lowest BCUT2D eigenvalue weighted by atomic mass is 9.33. The number of carbonyl (C=O) groups is 2. The Kier molecular flexibility index (Phi) is 8.45. The Morgan fingerprint density at radius 1 is 1.02 bits per heavy atom. The molecule has 0 bridgehead atoms. The van der Waals surface area contributed by atoms with Crippen molar-refractivity contribution >= 4 is 23.3 Å². The van der Waals surface area contributed by atoms with E-state index in [-0.39, 0.29) is 57.6 Å². The number of aromatic nitrogens is 1. The molecule has 7 rings (SSSR count). The van der Waals surface area contributed by atoms with Crippen LogP contribution in [0.5, 0.6) is 0 Å². The van der Waals surface area contributed by atoms with Crippen molar-refractivity contribution < 1.29 is 24.0 Å². The number of hydrogen-bond acceptors (Lipinski definition) is 6. The molecule has 1 unspecified atom stereocenters. The average molecular weight is 705 g/mol. The standard InChI is InChI=1S/C42H57ClN2O5/c1-9-49-42(48)21-19-39(6)33(36(42,2)3)14-15-41(8)34(39)32(46)23-28-29-24-38(5,17-16-37(29,4)18-20-40(28,41)7)35(47)44-25-26-22-31(45-50-26)27-12-10-11-13-30(27)43/h10-13,22-23,29,33-34,48H,9,14-21,24-25H2,1-8H3,(H,44,47)/t29-,33?,34-,37-,38+,39+,40-,41-,42-/m1/s1. The minimum absolute atomic E-state index is 0.0218. The molecule has 9 atom stereocenters. The minimum atomic E-state index is -1.19. The van der Waals surface area contributed by atoms with Gasteiger partial charge in [-0.25, -0.2) is 0 Å². The van der Waals surface area contributed by atoms with E-state index in [1.807, 2.05) is 37.3 Å². The summed E-state index contributed by atoms with van der Waals surface area (Å²) >= 11 is 6.37. The molecule has 2 N–H and O–H groups in total. The maximum atomic E-state index is 14.8. The van der Waals surface area contributed by atoms with Gasteiger partial charge in [-0.05, 0) is 104 Å². The normalized spacial score (nSPS) is 42.0. The van der Waals surface area contributed by atoms with Crippen molar-refractivity contribution in [3.63, 3.8) is 0 Å². The van der Waals surface area contributed by atoms with Crippen molar-refractivity contribution in [1.29, 1.82) is 0 Å². The molecule has 1 heterocycles. The molecule has 0 spiro atoms. The Labute approximate surface area is 303 Å². The van der Waals surface area contributed by atoms with Gasteiger partial charge in [0.1, 0.15) is 5.69 Å². The van der Waals surface area contributed by atoms with E-state index in [1.165, 1.54) is 5.57 Å². The molecular formula is C42H57ClN2O5. The molecule has 5 aliphatic carbocycles. The summed E-state index contributed by atoms with van der Waals surface area (Å²) in [5.41, 5.74) is 1.13. The smallest absolute Gasteiger partial charge is 0.226 e. The van der Waals surface area contributed by atoms with Gasteiger partial charge in [-0.15, -0.1) is 0 Å². The number of nitrogens with one attached hydrogen (secondary N) is 1. The van der Waals surface area contributed by atoms with Crippen LogP contribution in [0.15, 0.2) is 46.5 Å². The molecule has 1 aromatic carbocycles. The van der Waals surface area contributed by atoms with Crippen LogP contribution < -0.4 is 5.32 Å². The fraction of sp³-hybridized carbons (Fsp3) is 0.690. The Balaban J connectivity index is 1.15. The lowest BCUT2D eigenvalue weighted by Gasteiger charge is -2.71. The van der Waals surface area contributed by atoms with Crippen LogP contribution in [-0.4, -0.2) is 34.3 Å². The van der Waals surface area contributed by atoms with E-state index in [0.717, 1.165) is 56.9 Å². The number of fused-ring (bicyclic) bond motifs is 7. The average Bonchev–Trinajstić information content (AvgIpc) is 3.53. The van der Waals surface area contributed by atoms with Gasteiger partial charge in [0.05, 0.1) is 11.6 Å². The Bertz CT molecular complexity index is 1730. The van der Waals surface area contributed by atoms with E-state index < -0.39 is 16.6 Å². The first-order valence-electron chi connectivity index (χ1n) is 19.0. The van der Waals surface area contributed by atoms with Gasteiger partial charge in [0.25, 0.3) is 0 Å². The zero-order chi connectivity index (χ0) is 36.1. The van der Waals surface area contributed by atoms with Crippen LogP contribution in [0.25, 0.3) is 11.3 Å². The van der Waals surface area contributed by atoms with E-state index in [0.29, 0.717) is 29.5 Å². The van der Waals surface area contributed by atoms with E-state index >= 15 is 0 Å². The van der Waals surface area contributed by atoms with Gasteiger partial charge < -0.3 is 19.7 Å². The first kappa shape index (κ1) is 35.9. The van der Waals surface area contributed by atoms with Crippen LogP contribution in [-0.2, 0) is 20.9 Å². The molecule has 7 nitrogen and oxygen atoms in total. The summed E-state index contributed by atoms with van der Waals surface area (Å²) < 4.78 is 11.7. The third kappa shape index (κ3) is 4.99. The van der Waals surface area contributed by atoms with E-state index in [9.17, 15) is 14.7 Å². The van der Waals surface area contributed by atoms with E-state index in [2.05, 4.69) is 65.0 Å². The number of rotatable bonds is 6. The summed E-state index contributed by atoms with van der Waals surface area (Å²) in [6, 6.07) is 9.34. The SMILES string of the molecule is CCO[C@]1(O)CC[C@@]2(C)C(CC[C@]3(C)[C@@H]2C(=O)C=C2[C@H]4C[C@@](C)(C(=O)NCc5cc(-c6ccccc6Cl)no5)CC[C@]4(C)CC[C@]23C)C1(C)C. The van der Waals surface area contributed by atoms with Gasteiger partial charge in [0, 0.05) is 41.4 Å². The molecule has 0 radical (unpaired) electrons. The highest BCUT2D eigenvalue weighted by molar-refractivity contribution is 6.33. The van der Waals surface area contributed by atoms with Gasteiger partial charge in [-0.3, -0.25) is 9.59 Å². The first-order chi connectivity index (χ1) is 23.4. The molecule has 4 saturated carbocycles. The second-order valence-corrected chi connectivity index (χ2v) is 18.9. The summed E-state index contributed by atoms with van der Waals surface area (Å²) in [5.74, 6) is -0.125. The Morgan fingerprint density at radius 2 is 1.74 bits per heavy atom. The zero-order valence-corrected chi connectivity index (χ0v) is 32.1. The molecule has 5 aliphatic rings. The first-order valence-corrected chi connectivity index (χ1v) is 19.4. The third-order valence-corrected chi connectivity index (χ3v) is 16.1. The molecule has 1 aromatic heterocycles. The molecule has 2 aromatic rings. The van der Waals surface area contributed by atoms with Gasteiger partial charge in [-0.2, -0.15) is 0 Å². The van der Waals surface area contributed by atoms with Gasteiger partial charge in [0.15, 0.2) is 17.3 Å². The highest BCUT2D eigenvalue weighted by Gasteiger charge is 2.72. The minimum Gasteiger partial charge on any atom is -0.365 e. The van der Waals surface area contributed by atoms with Crippen LogP contribution in [0.3, 0.4) is 0 Å². The maximum Gasteiger partial charge on any atom is 0.226 e. The summed E-state index contributed by atoms with van der Waals surface area (Å²) in [5, 5.41) is 19.7. The van der Waals surface area contributed by atoms with E-state index in [4.69, 9.17) is 20.9 Å². The van der Waals surface area contributed by atoms with Gasteiger partial charge in [-0.1, -0.05) is 89.0 Å². The number of aliphatic hydroxyl groups is 1. The number of amides is 1. The number of nitrogens with zero attached hydrogens (tertiary/aromatic N) is 1. The lowest BCUT2D eigenvalue weighted by molar-refractivity contribution is -0.326. The second-order valence-electron chi connectivity index (χ2n) is 18.5. The molecule has 0 saturated heterocycles. The zero-order valence-electron chi connectivity index (χ0n) is 31.4. The van der Waals surface area contributed by atoms with Crippen LogP contribution in [0.4, 0.5) is 0 Å². The summed E-state index contributed by atoms with van der Waals surface area (Å²) in [7, 11) is 0.